The zero-order chi connectivity index (χ0) is 12.9. The van der Waals surface area contributed by atoms with Crippen LogP contribution in [0.3, 0.4) is 0 Å². The third kappa shape index (κ3) is 5.72. The number of rotatable bonds is 6. The quantitative estimate of drug-likeness (QED) is 0.732. The monoisotopic (exact) mass is 295 g/mol. The van der Waals surface area contributed by atoms with Crippen molar-refractivity contribution in [2.24, 2.45) is 0 Å². The molecule has 2 N–H and O–H groups in total. The average molecular weight is 296 g/mol. The fourth-order valence-electron chi connectivity index (χ4n) is 0.677. The summed E-state index contributed by atoms with van der Waals surface area (Å²) in [7, 11) is 0. The maximum absolute atomic E-state index is 12.2. The maximum Gasteiger partial charge on any atom is 0.327 e. The number of carbonyl (C=O) groups excluding carboxylic acids is 1. The molecule has 0 aromatic rings. The van der Waals surface area contributed by atoms with Crippen LogP contribution in [0.2, 0.25) is 0 Å². The highest BCUT2D eigenvalue weighted by atomic mass is 35.5. The topological polar surface area (TPSA) is 66.4 Å². The molecule has 1 unspecified atom stereocenters. The van der Waals surface area contributed by atoms with Crippen LogP contribution in [0.1, 0.15) is 6.92 Å². The van der Waals surface area contributed by atoms with Gasteiger partial charge in [0, 0.05) is 12.7 Å². The van der Waals surface area contributed by atoms with Crippen LogP contribution < -0.4 is 5.32 Å². The van der Waals surface area contributed by atoms with Crippen LogP contribution in [0.4, 0.5) is 8.78 Å². The summed E-state index contributed by atoms with van der Waals surface area (Å²) in [5, 5.41) is 10.7. The molecule has 16 heavy (non-hydrogen) atoms. The summed E-state index contributed by atoms with van der Waals surface area (Å²) in [5.74, 6) is -2.28. The molecule has 1 atom stereocenters. The van der Waals surface area contributed by atoms with Gasteiger partial charge in [0.05, 0.1) is 0 Å². The van der Waals surface area contributed by atoms with Crippen LogP contribution in [0.5, 0.6) is 0 Å². The van der Waals surface area contributed by atoms with Crippen LogP contribution in [0.25, 0.3) is 0 Å². The molecular formula is C7H9Cl2F2NO3S. The van der Waals surface area contributed by atoms with Gasteiger partial charge in [-0.15, -0.1) is 11.8 Å². The van der Waals surface area contributed by atoms with Crippen molar-refractivity contribution in [3.8, 4) is 0 Å². The Bertz CT molecular complexity index is 278. The van der Waals surface area contributed by atoms with Gasteiger partial charge in [0.2, 0.25) is 9.57 Å². The number of alkyl halides is 4. The number of nitrogens with one attached hydrogen (secondary N) is 1. The van der Waals surface area contributed by atoms with Gasteiger partial charge < -0.3 is 10.4 Å². The lowest BCUT2D eigenvalue weighted by Gasteiger charge is -2.20. The van der Waals surface area contributed by atoms with E-state index in [0.29, 0.717) is 11.8 Å². The van der Waals surface area contributed by atoms with Crippen molar-refractivity contribution in [2.45, 2.75) is 23.1 Å². The van der Waals surface area contributed by atoms with Crippen LogP contribution in [-0.4, -0.2) is 38.9 Å². The second-order valence-electron chi connectivity index (χ2n) is 2.76. The van der Waals surface area contributed by atoms with Crippen LogP contribution in [0, 0.1) is 0 Å². The first-order valence-electron chi connectivity index (χ1n) is 3.96. The zero-order valence-electron chi connectivity index (χ0n) is 8.05. The van der Waals surface area contributed by atoms with Crippen molar-refractivity contribution in [2.75, 3.05) is 5.75 Å². The molecule has 0 heterocycles. The van der Waals surface area contributed by atoms with Gasteiger partial charge in [0.15, 0.2) is 0 Å². The molecule has 0 aromatic heterocycles. The van der Waals surface area contributed by atoms with E-state index in [2.05, 4.69) is 5.32 Å². The summed E-state index contributed by atoms with van der Waals surface area (Å²) in [4.78, 5) is 21.2. The molecule has 0 bridgehead atoms. The van der Waals surface area contributed by atoms with Gasteiger partial charge >= 0.3 is 5.97 Å². The largest absolute Gasteiger partial charge is 0.480 e. The Hall–Kier alpha value is -0.270. The van der Waals surface area contributed by atoms with Crippen molar-refractivity contribution >= 4 is 46.8 Å². The van der Waals surface area contributed by atoms with Crippen molar-refractivity contribution in [3.05, 3.63) is 0 Å². The molecule has 0 saturated heterocycles. The first-order valence-corrected chi connectivity index (χ1v) is 5.70. The smallest absolute Gasteiger partial charge is 0.327 e. The molecule has 0 radical (unpaired) electrons. The van der Waals surface area contributed by atoms with E-state index in [9.17, 15) is 18.4 Å². The minimum absolute atomic E-state index is 0.351. The van der Waals surface area contributed by atoms with E-state index in [1.165, 1.54) is 0 Å². The van der Waals surface area contributed by atoms with E-state index in [4.69, 9.17) is 28.3 Å². The van der Waals surface area contributed by atoms with Gasteiger partial charge in [-0.05, 0) is 0 Å². The second kappa shape index (κ2) is 6.46. The molecule has 0 aromatic carbocycles. The standard InChI is InChI=1S/C7H9Cl2F2NO3S/c1-3(13)12-4(5(14)15)2-16-7(8,9)6(10)11/h4,6H,2H2,1H3,(H,12,13)(H,14,15). The molecular weight excluding hydrogens is 287 g/mol. The molecule has 0 aliphatic rings. The van der Waals surface area contributed by atoms with Crippen molar-refractivity contribution in [1.82, 2.24) is 5.32 Å². The lowest BCUT2D eigenvalue weighted by atomic mass is 10.3. The summed E-state index contributed by atoms with van der Waals surface area (Å²) in [6, 6.07) is -1.31. The minimum Gasteiger partial charge on any atom is -0.480 e. The summed E-state index contributed by atoms with van der Waals surface area (Å²) in [6.45, 7) is 1.11. The molecule has 4 nitrogen and oxygen atoms in total. The van der Waals surface area contributed by atoms with Crippen molar-refractivity contribution in [3.63, 3.8) is 0 Å². The van der Waals surface area contributed by atoms with E-state index >= 15 is 0 Å². The van der Waals surface area contributed by atoms with Gasteiger partial charge in [0.25, 0.3) is 6.43 Å². The number of hydrogen-bond acceptors (Lipinski definition) is 3. The third-order valence-corrected chi connectivity index (χ3v) is 3.42. The average Bonchev–Trinajstić information content (AvgIpc) is 2.10. The molecule has 0 aliphatic carbocycles. The Morgan fingerprint density at radius 2 is 2.00 bits per heavy atom. The number of carboxylic acid groups (broad SMARTS) is 1. The van der Waals surface area contributed by atoms with Gasteiger partial charge in [-0.1, -0.05) is 23.2 Å². The number of carboxylic acids is 1. The predicted octanol–water partition coefficient (Wildman–Crippen LogP) is 1.71. The highest BCUT2D eigenvalue weighted by Crippen LogP contribution is 2.40. The highest BCUT2D eigenvalue weighted by molar-refractivity contribution is 8.03. The van der Waals surface area contributed by atoms with E-state index in [1.54, 1.807) is 0 Å². The SMILES string of the molecule is CC(=O)NC(CSC(Cl)(Cl)C(F)F)C(=O)O. The Morgan fingerprint density at radius 1 is 1.50 bits per heavy atom. The molecule has 0 spiro atoms. The van der Waals surface area contributed by atoms with Gasteiger partial charge in [-0.25, -0.2) is 13.6 Å². The lowest BCUT2D eigenvalue weighted by molar-refractivity contribution is -0.140. The third-order valence-electron chi connectivity index (χ3n) is 1.37. The van der Waals surface area contributed by atoms with Crippen molar-refractivity contribution < 1.29 is 23.5 Å². The fraction of sp³-hybridized carbons (Fsp3) is 0.714. The number of carbonyl (C=O) groups is 2. The van der Waals surface area contributed by atoms with E-state index < -0.39 is 28.0 Å². The van der Waals surface area contributed by atoms with E-state index in [1.807, 2.05) is 0 Å². The van der Waals surface area contributed by atoms with E-state index in [-0.39, 0.29) is 5.75 Å². The normalized spacial score (nSPS) is 13.6. The Balaban J connectivity index is 4.33. The molecule has 0 rings (SSSR count). The Labute approximate surface area is 105 Å². The van der Waals surface area contributed by atoms with Crippen LogP contribution in [-0.2, 0) is 9.59 Å². The first-order chi connectivity index (χ1) is 7.16. The molecule has 0 fully saturated rings. The minimum atomic E-state index is -3.02. The van der Waals surface area contributed by atoms with Crippen LogP contribution >= 0.6 is 35.0 Å². The maximum atomic E-state index is 12.2. The number of amides is 1. The van der Waals surface area contributed by atoms with Gasteiger partial charge in [-0.3, -0.25) is 4.79 Å². The number of aliphatic carboxylic acids is 1. The Kier molecular flexibility index (Phi) is 6.35. The molecule has 1 amide bonds. The molecule has 0 saturated carbocycles. The fourth-order valence-corrected chi connectivity index (χ4v) is 1.80. The number of halogens is 4. The first kappa shape index (κ1) is 15.7. The summed E-state index contributed by atoms with van der Waals surface area (Å²) in [6.07, 6.45) is -3.02. The molecule has 0 aliphatic heterocycles. The number of hydrogen-bond donors (Lipinski definition) is 2. The highest BCUT2D eigenvalue weighted by Gasteiger charge is 2.37. The predicted molar refractivity (Wildman–Crippen MR) is 58.1 cm³/mol. The molecule has 94 valence electrons. The molecule has 9 heteroatoms. The van der Waals surface area contributed by atoms with E-state index in [0.717, 1.165) is 6.92 Å². The summed E-state index contributed by atoms with van der Waals surface area (Å²) < 4.78 is 22.0. The Morgan fingerprint density at radius 3 is 2.31 bits per heavy atom. The lowest BCUT2D eigenvalue weighted by Crippen LogP contribution is -2.42. The van der Waals surface area contributed by atoms with Gasteiger partial charge in [-0.2, -0.15) is 0 Å². The van der Waals surface area contributed by atoms with Gasteiger partial charge in [0.1, 0.15) is 6.04 Å². The number of thioether (sulfide) groups is 1. The summed E-state index contributed by atoms with van der Waals surface area (Å²) in [5.41, 5.74) is 0. The van der Waals surface area contributed by atoms with Crippen LogP contribution in [0.15, 0.2) is 0 Å². The summed E-state index contributed by atoms with van der Waals surface area (Å²) >= 11 is 10.8. The zero-order valence-corrected chi connectivity index (χ0v) is 10.4. The van der Waals surface area contributed by atoms with Crippen molar-refractivity contribution in [1.29, 1.82) is 0 Å². The second-order valence-corrected chi connectivity index (χ2v) is 5.86.